The number of carbonyl (C=O) groups excluding carboxylic acids is 1. The summed E-state index contributed by atoms with van der Waals surface area (Å²) in [7, 11) is 0. The number of benzene rings is 3. The maximum absolute atomic E-state index is 13.7. The van der Waals surface area contributed by atoms with Crippen molar-refractivity contribution in [2.45, 2.75) is 13.0 Å². The number of allylic oxidation sites excluding steroid dienone is 1. The number of para-hydroxylation sites is 1. The van der Waals surface area contributed by atoms with E-state index in [9.17, 15) is 9.59 Å². The first-order valence-corrected chi connectivity index (χ1v) is 12.2. The number of hydrogen-bond acceptors (Lipinski definition) is 6. The number of amides is 1. The second-order valence-electron chi connectivity index (χ2n) is 8.43. The van der Waals surface area contributed by atoms with Crippen molar-refractivity contribution in [3.05, 3.63) is 121 Å². The molecule has 178 valence electrons. The van der Waals surface area contributed by atoms with Crippen molar-refractivity contribution in [1.29, 1.82) is 0 Å². The lowest BCUT2D eigenvalue weighted by Gasteiger charge is -2.25. The van der Waals surface area contributed by atoms with Crippen LogP contribution in [0.1, 0.15) is 24.1 Å². The zero-order valence-corrected chi connectivity index (χ0v) is 20.1. The van der Waals surface area contributed by atoms with Crippen LogP contribution >= 0.6 is 11.3 Å². The van der Waals surface area contributed by atoms with Crippen LogP contribution in [-0.4, -0.2) is 17.3 Å². The zero-order chi connectivity index (χ0) is 24.6. The minimum atomic E-state index is -0.606. The number of nitrogens with zero attached hydrogens (tertiary/aromatic N) is 2. The molecule has 0 saturated heterocycles. The molecule has 2 aliphatic heterocycles. The van der Waals surface area contributed by atoms with Gasteiger partial charge in [0.15, 0.2) is 16.3 Å². The average molecular weight is 496 g/mol. The van der Waals surface area contributed by atoms with E-state index in [0.717, 1.165) is 11.1 Å². The first kappa shape index (κ1) is 22.1. The molecule has 7 nitrogen and oxygen atoms in total. The number of ether oxygens (including phenoxy) is 2. The van der Waals surface area contributed by atoms with Crippen LogP contribution in [0.2, 0.25) is 0 Å². The molecule has 1 atom stereocenters. The number of fused-ring (bicyclic) bond motifs is 2. The molecule has 0 unspecified atom stereocenters. The fourth-order valence-electron chi connectivity index (χ4n) is 4.44. The van der Waals surface area contributed by atoms with Crippen LogP contribution in [0.5, 0.6) is 11.5 Å². The van der Waals surface area contributed by atoms with Gasteiger partial charge in [-0.3, -0.25) is 14.2 Å². The van der Waals surface area contributed by atoms with E-state index in [2.05, 4.69) is 10.3 Å². The number of rotatable bonds is 4. The summed E-state index contributed by atoms with van der Waals surface area (Å²) in [5.74, 6) is 1.04. The molecular weight excluding hydrogens is 474 g/mol. The van der Waals surface area contributed by atoms with Gasteiger partial charge in [0.05, 0.1) is 21.8 Å². The summed E-state index contributed by atoms with van der Waals surface area (Å²) in [5, 5.41) is 2.96. The first-order valence-electron chi connectivity index (χ1n) is 11.4. The Labute approximate surface area is 210 Å². The highest BCUT2D eigenvalue weighted by atomic mass is 32.1. The molecule has 0 spiro atoms. The van der Waals surface area contributed by atoms with E-state index < -0.39 is 6.04 Å². The number of thiazole rings is 1. The van der Waals surface area contributed by atoms with Gasteiger partial charge in [0.1, 0.15) is 0 Å². The van der Waals surface area contributed by atoms with Crippen LogP contribution in [0, 0.1) is 0 Å². The van der Waals surface area contributed by atoms with Gasteiger partial charge in [-0.25, -0.2) is 4.99 Å². The number of nitrogens with one attached hydrogen (secondary N) is 1. The summed E-state index contributed by atoms with van der Waals surface area (Å²) in [4.78, 5) is 32.5. The van der Waals surface area contributed by atoms with Crippen molar-refractivity contribution >= 4 is 29.0 Å². The standard InChI is InChI=1S/C28H21N3O4S/c1-17-24(26(32)30-20-10-6-3-7-11-20)25(19-8-4-2-5-9-19)31-27(33)23(36-28(31)29-17)15-18-12-13-21-22(14-18)35-16-34-21/h2-15,25H,16H2,1H3,(H,30,32)/t25-/m0/s1. The summed E-state index contributed by atoms with van der Waals surface area (Å²) in [5.41, 5.74) is 3.14. The monoisotopic (exact) mass is 495 g/mol. The van der Waals surface area contributed by atoms with Gasteiger partial charge in [-0.1, -0.05) is 65.9 Å². The predicted octanol–water partition coefficient (Wildman–Crippen LogP) is 3.60. The highest BCUT2D eigenvalue weighted by molar-refractivity contribution is 7.07. The van der Waals surface area contributed by atoms with Gasteiger partial charge in [-0.2, -0.15) is 0 Å². The largest absolute Gasteiger partial charge is 0.454 e. The molecule has 0 radical (unpaired) electrons. The van der Waals surface area contributed by atoms with E-state index in [1.807, 2.05) is 91.9 Å². The second kappa shape index (κ2) is 8.98. The van der Waals surface area contributed by atoms with Gasteiger partial charge in [0.2, 0.25) is 6.79 Å². The summed E-state index contributed by atoms with van der Waals surface area (Å²) in [6.07, 6.45) is 1.82. The third-order valence-electron chi connectivity index (χ3n) is 6.11. The molecule has 3 heterocycles. The number of aromatic nitrogens is 1. The third-order valence-corrected chi connectivity index (χ3v) is 7.09. The Morgan fingerprint density at radius 2 is 1.75 bits per heavy atom. The van der Waals surface area contributed by atoms with Gasteiger partial charge in [-0.05, 0) is 48.4 Å². The van der Waals surface area contributed by atoms with Crippen molar-refractivity contribution in [1.82, 2.24) is 4.57 Å². The molecular formula is C28H21N3O4S. The minimum Gasteiger partial charge on any atom is -0.454 e. The molecule has 4 aromatic rings. The summed E-state index contributed by atoms with van der Waals surface area (Å²) >= 11 is 1.30. The van der Waals surface area contributed by atoms with Gasteiger partial charge in [0, 0.05) is 5.69 Å². The Morgan fingerprint density at radius 3 is 2.53 bits per heavy atom. The van der Waals surface area contributed by atoms with E-state index in [4.69, 9.17) is 9.47 Å². The SMILES string of the molecule is CC1=C(C(=O)Nc2ccccc2)[C@H](c2ccccc2)n2c(sc(=Cc3ccc4c(c3)OCO4)c2=O)=N1. The van der Waals surface area contributed by atoms with Crippen molar-refractivity contribution in [3.63, 3.8) is 0 Å². The Morgan fingerprint density at radius 1 is 1.03 bits per heavy atom. The Kier molecular flexibility index (Phi) is 5.50. The Balaban J connectivity index is 1.48. The van der Waals surface area contributed by atoms with Crippen molar-refractivity contribution < 1.29 is 14.3 Å². The number of carbonyl (C=O) groups is 1. The van der Waals surface area contributed by atoms with Crippen LogP contribution in [-0.2, 0) is 4.79 Å². The summed E-state index contributed by atoms with van der Waals surface area (Å²) < 4.78 is 13.0. The first-order chi connectivity index (χ1) is 17.6. The fraction of sp³-hybridized carbons (Fsp3) is 0.107. The van der Waals surface area contributed by atoms with Crippen LogP contribution in [0.3, 0.4) is 0 Å². The summed E-state index contributed by atoms with van der Waals surface area (Å²) in [6, 6.07) is 23.8. The highest BCUT2D eigenvalue weighted by Gasteiger charge is 2.32. The van der Waals surface area contributed by atoms with Crippen LogP contribution in [0.25, 0.3) is 6.08 Å². The van der Waals surface area contributed by atoms with Gasteiger partial charge < -0.3 is 14.8 Å². The molecule has 1 aromatic heterocycles. The van der Waals surface area contributed by atoms with Gasteiger partial charge in [-0.15, -0.1) is 0 Å². The maximum Gasteiger partial charge on any atom is 0.271 e. The number of hydrogen-bond donors (Lipinski definition) is 1. The molecule has 0 bridgehead atoms. The quantitative estimate of drug-likeness (QED) is 0.469. The molecule has 0 fully saturated rings. The molecule has 36 heavy (non-hydrogen) atoms. The molecule has 8 heteroatoms. The molecule has 0 saturated carbocycles. The van der Waals surface area contributed by atoms with E-state index in [0.29, 0.717) is 37.8 Å². The Hall–Kier alpha value is -4.43. The van der Waals surface area contributed by atoms with Crippen LogP contribution in [0.15, 0.2) is 99.9 Å². The topological polar surface area (TPSA) is 81.9 Å². The molecule has 6 rings (SSSR count). The Bertz CT molecular complexity index is 1690. The third kappa shape index (κ3) is 3.91. The highest BCUT2D eigenvalue weighted by Crippen LogP contribution is 2.33. The van der Waals surface area contributed by atoms with E-state index in [-0.39, 0.29) is 18.3 Å². The molecule has 2 aliphatic rings. The number of anilines is 1. The average Bonchev–Trinajstić information content (AvgIpc) is 3.48. The van der Waals surface area contributed by atoms with Gasteiger partial charge >= 0.3 is 0 Å². The van der Waals surface area contributed by atoms with E-state index in [1.54, 1.807) is 4.57 Å². The molecule has 1 amide bonds. The maximum atomic E-state index is 13.7. The normalized spacial score (nSPS) is 16.5. The van der Waals surface area contributed by atoms with E-state index >= 15 is 0 Å². The van der Waals surface area contributed by atoms with Crippen molar-refractivity contribution in [3.8, 4) is 11.5 Å². The van der Waals surface area contributed by atoms with Crippen molar-refractivity contribution in [2.24, 2.45) is 4.99 Å². The molecule has 3 aromatic carbocycles. The van der Waals surface area contributed by atoms with Gasteiger partial charge in [0.25, 0.3) is 11.5 Å². The van der Waals surface area contributed by atoms with Crippen LogP contribution in [0.4, 0.5) is 5.69 Å². The molecule has 1 N–H and O–H groups in total. The van der Waals surface area contributed by atoms with Crippen LogP contribution < -0.4 is 29.7 Å². The minimum absolute atomic E-state index is 0.186. The zero-order valence-electron chi connectivity index (χ0n) is 19.3. The lowest BCUT2D eigenvalue weighted by Crippen LogP contribution is -2.40. The second-order valence-corrected chi connectivity index (χ2v) is 9.43. The smallest absolute Gasteiger partial charge is 0.271 e. The fourth-order valence-corrected chi connectivity index (χ4v) is 5.48. The van der Waals surface area contributed by atoms with Crippen molar-refractivity contribution in [2.75, 3.05) is 12.1 Å². The molecule has 0 aliphatic carbocycles. The lowest BCUT2D eigenvalue weighted by atomic mass is 9.95. The summed E-state index contributed by atoms with van der Waals surface area (Å²) in [6.45, 7) is 2.00. The lowest BCUT2D eigenvalue weighted by molar-refractivity contribution is -0.113. The predicted molar refractivity (Wildman–Crippen MR) is 138 cm³/mol. The van der Waals surface area contributed by atoms with E-state index in [1.165, 1.54) is 11.3 Å².